The Hall–Kier alpha value is -2.60. The second-order valence-corrected chi connectivity index (χ2v) is 8.02. The molecular weight excluding hydrogens is 382 g/mol. The fraction of sp³-hybridized carbons (Fsp3) is 0.348. The number of amides is 1. The molecule has 0 atom stereocenters. The van der Waals surface area contributed by atoms with Gasteiger partial charge in [0, 0.05) is 20.1 Å². The summed E-state index contributed by atoms with van der Waals surface area (Å²) < 4.78 is 1.68. The van der Waals surface area contributed by atoms with Crippen molar-refractivity contribution in [2.24, 2.45) is 0 Å². The summed E-state index contributed by atoms with van der Waals surface area (Å²) in [6.07, 6.45) is 1.83. The van der Waals surface area contributed by atoms with Crippen molar-refractivity contribution >= 4 is 28.6 Å². The molecule has 0 fully saturated rings. The molecule has 6 heteroatoms. The second kappa shape index (κ2) is 9.74. The number of para-hydroxylation sites is 1. The van der Waals surface area contributed by atoms with Crippen LogP contribution in [0.15, 0.2) is 58.5 Å². The van der Waals surface area contributed by atoms with Gasteiger partial charge in [0.2, 0.25) is 5.91 Å². The lowest BCUT2D eigenvalue weighted by molar-refractivity contribution is -0.127. The van der Waals surface area contributed by atoms with Gasteiger partial charge in [-0.25, -0.2) is 4.98 Å². The quantitative estimate of drug-likeness (QED) is 0.415. The first-order valence-electron chi connectivity index (χ1n) is 9.97. The molecule has 1 amide bonds. The third-order valence-corrected chi connectivity index (χ3v) is 5.84. The third kappa shape index (κ3) is 5.07. The third-order valence-electron chi connectivity index (χ3n) is 4.88. The number of aromatic nitrogens is 2. The summed E-state index contributed by atoms with van der Waals surface area (Å²) >= 11 is 1.33. The molecule has 1 aromatic heterocycles. The fourth-order valence-corrected chi connectivity index (χ4v) is 4.12. The van der Waals surface area contributed by atoms with Gasteiger partial charge >= 0.3 is 0 Å². The maximum absolute atomic E-state index is 12.8. The average Bonchev–Trinajstić information content (AvgIpc) is 2.74. The van der Waals surface area contributed by atoms with Crippen molar-refractivity contribution in [3.8, 4) is 0 Å². The smallest absolute Gasteiger partial charge is 0.262 e. The van der Waals surface area contributed by atoms with Crippen molar-refractivity contribution in [3.05, 3.63) is 70.0 Å². The predicted octanol–water partition coefficient (Wildman–Crippen LogP) is 4.12. The molecule has 0 aliphatic heterocycles. The normalized spacial score (nSPS) is 11.0. The summed E-state index contributed by atoms with van der Waals surface area (Å²) in [7, 11) is 1.81. The van der Waals surface area contributed by atoms with Gasteiger partial charge in [-0.05, 0) is 36.1 Å². The fourth-order valence-electron chi connectivity index (χ4n) is 3.16. The van der Waals surface area contributed by atoms with Crippen LogP contribution < -0.4 is 5.56 Å². The van der Waals surface area contributed by atoms with Crippen LogP contribution in [0.3, 0.4) is 0 Å². The Morgan fingerprint density at radius 2 is 1.76 bits per heavy atom. The first kappa shape index (κ1) is 21.1. The van der Waals surface area contributed by atoms with E-state index in [0.29, 0.717) is 29.1 Å². The first-order chi connectivity index (χ1) is 14.0. The van der Waals surface area contributed by atoms with Crippen molar-refractivity contribution in [1.82, 2.24) is 14.5 Å². The minimum Gasteiger partial charge on any atom is -0.341 e. The van der Waals surface area contributed by atoms with Gasteiger partial charge in [0.15, 0.2) is 5.16 Å². The lowest BCUT2D eigenvalue weighted by Crippen LogP contribution is -2.29. The van der Waals surface area contributed by atoms with Gasteiger partial charge in [-0.1, -0.05) is 62.0 Å². The van der Waals surface area contributed by atoms with Crippen molar-refractivity contribution < 1.29 is 4.79 Å². The van der Waals surface area contributed by atoms with Crippen LogP contribution in [0, 0.1) is 0 Å². The molecule has 5 nitrogen and oxygen atoms in total. The maximum atomic E-state index is 12.8. The summed E-state index contributed by atoms with van der Waals surface area (Å²) in [5.74, 6) is 0.262. The van der Waals surface area contributed by atoms with E-state index in [9.17, 15) is 9.59 Å². The van der Waals surface area contributed by atoms with E-state index < -0.39 is 0 Å². The minimum atomic E-state index is -0.0447. The van der Waals surface area contributed by atoms with E-state index in [1.54, 1.807) is 15.5 Å². The van der Waals surface area contributed by atoms with Crippen LogP contribution in [0.2, 0.25) is 0 Å². The average molecular weight is 410 g/mol. The number of fused-ring (bicyclic) bond motifs is 1. The number of aryl methyl sites for hydroxylation is 1. The molecule has 29 heavy (non-hydrogen) atoms. The number of thioether (sulfide) groups is 1. The Morgan fingerprint density at radius 3 is 2.45 bits per heavy atom. The van der Waals surface area contributed by atoms with E-state index in [1.165, 1.54) is 17.3 Å². The largest absolute Gasteiger partial charge is 0.341 e. The van der Waals surface area contributed by atoms with E-state index in [1.807, 2.05) is 32.2 Å². The van der Waals surface area contributed by atoms with Crippen molar-refractivity contribution in [2.75, 3.05) is 12.8 Å². The van der Waals surface area contributed by atoms with Gasteiger partial charge in [0.05, 0.1) is 16.7 Å². The summed E-state index contributed by atoms with van der Waals surface area (Å²) in [5, 5.41) is 1.22. The highest BCUT2D eigenvalue weighted by Gasteiger charge is 2.15. The van der Waals surface area contributed by atoms with Gasteiger partial charge < -0.3 is 4.90 Å². The molecule has 1 heterocycles. The van der Waals surface area contributed by atoms with Gasteiger partial charge in [0.1, 0.15) is 0 Å². The highest BCUT2D eigenvalue weighted by molar-refractivity contribution is 7.99. The molecule has 0 unspecified atom stereocenters. The molecule has 0 radical (unpaired) electrons. The summed E-state index contributed by atoms with van der Waals surface area (Å²) in [4.78, 5) is 31.8. The van der Waals surface area contributed by atoms with Crippen LogP contribution in [0.4, 0.5) is 0 Å². The van der Waals surface area contributed by atoms with E-state index >= 15 is 0 Å². The number of carbonyl (C=O) groups excluding carboxylic acids is 1. The van der Waals surface area contributed by atoms with Crippen LogP contribution in [-0.4, -0.2) is 33.2 Å². The molecule has 0 spiro atoms. The number of rotatable bonds is 8. The highest BCUT2D eigenvalue weighted by atomic mass is 32.2. The number of nitrogens with zero attached hydrogens (tertiary/aromatic N) is 3. The molecule has 0 aliphatic rings. The maximum Gasteiger partial charge on any atom is 0.262 e. The van der Waals surface area contributed by atoms with Crippen molar-refractivity contribution in [3.63, 3.8) is 0 Å². The van der Waals surface area contributed by atoms with Crippen LogP contribution in [-0.2, 0) is 24.3 Å². The topological polar surface area (TPSA) is 55.2 Å². The van der Waals surface area contributed by atoms with Crippen LogP contribution >= 0.6 is 11.8 Å². The van der Waals surface area contributed by atoms with E-state index in [-0.39, 0.29) is 17.2 Å². The van der Waals surface area contributed by atoms with Crippen molar-refractivity contribution in [1.29, 1.82) is 0 Å². The first-order valence-corrected chi connectivity index (χ1v) is 11.0. The molecular formula is C23H27N3O2S. The number of benzene rings is 2. The van der Waals surface area contributed by atoms with Crippen LogP contribution in [0.1, 0.15) is 31.4 Å². The minimum absolute atomic E-state index is 0.0139. The number of hydrogen-bond acceptors (Lipinski definition) is 4. The Balaban J connectivity index is 1.72. The molecule has 2 aromatic carbocycles. The molecule has 152 valence electrons. The zero-order valence-corrected chi connectivity index (χ0v) is 18.0. The Bertz CT molecular complexity index is 1040. The Kier molecular flexibility index (Phi) is 7.09. The lowest BCUT2D eigenvalue weighted by Gasteiger charge is -2.18. The highest BCUT2D eigenvalue weighted by Crippen LogP contribution is 2.19. The predicted molar refractivity (Wildman–Crippen MR) is 119 cm³/mol. The Morgan fingerprint density at radius 1 is 1.07 bits per heavy atom. The number of carbonyl (C=O) groups is 1. The van der Waals surface area contributed by atoms with Crippen LogP contribution in [0.5, 0.6) is 0 Å². The summed E-state index contributed by atoms with van der Waals surface area (Å²) in [5.41, 5.74) is 3.02. The summed E-state index contributed by atoms with van der Waals surface area (Å²) in [6.45, 7) is 5.31. The van der Waals surface area contributed by atoms with E-state index in [0.717, 1.165) is 18.4 Å². The molecule has 3 rings (SSSR count). The Labute approximate surface area is 175 Å². The van der Waals surface area contributed by atoms with Gasteiger partial charge in [0.25, 0.3) is 5.56 Å². The standard InChI is InChI=1S/C23H27N3O2S/c1-4-14-26-22(28)19-8-6-7-9-20(19)24-23(26)29-16-21(27)25(3)15-18-12-10-17(5-2)11-13-18/h6-13H,4-5,14-16H2,1-3H3. The lowest BCUT2D eigenvalue weighted by atomic mass is 10.1. The zero-order chi connectivity index (χ0) is 20.8. The molecule has 0 N–H and O–H groups in total. The number of hydrogen-bond donors (Lipinski definition) is 0. The van der Waals surface area contributed by atoms with Gasteiger partial charge in [-0.15, -0.1) is 0 Å². The van der Waals surface area contributed by atoms with E-state index in [2.05, 4.69) is 36.2 Å². The van der Waals surface area contributed by atoms with Gasteiger partial charge in [-0.3, -0.25) is 14.2 Å². The molecule has 0 aliphatic carbocycles. The van der Waals surface area contributed by atoms with Crippen molar-refractivity contribution in [2.45, 2.75) is 44.9 Å². The van der Waals surface area contributed by atoms with Crippen LogP contribution in [0.25, 0.3) is 10.9 Å². The summed E-state index contributed by atoms with van der Waals surface area (Å²) in [6, 6.07) is 15.7. The molecule has 3 aromatic rings. The zero-order valence-electron chi connectivity index (χ0n) is 17.2. The second-order valence-electron chi connectivity index (χ2n) is 7.08. The molecule has 0 bridgehead atoms. The molecule has 0 saturated heterocycles. The SMILES string of the molecule is CCCn1c(SCC(=O)N(C)Cc2ccc(CC)cc2)nc2ccccc2c1=O. The van der Waals surface area contributed by atoms with E-state index in [4.69, 9.17) is 0 Å². The molecule has 0 saturated carbocycles. The van der Waals surface area contributed by atoms with Gasteiger partial charge in [-0.2, -0.15) is 0 Å². The monoisotopic (exact) mass is 409 g/mol.